The molecule has 0 bridgehead atoms. The number of rotatable bonds is 3. The Morgan fingerprint density at radius 3 is 2.58 bits per heavy atom. The zero-order chi connectivity index (χ0) is 17.9. The number of anilines is 1. The van der Waals surface area contributed by atoms with Gasteiger partial charge in [0.05, 0.1) is 0 Å². The predicted molar refractivity (Wildman–Crippen MR) is 104 cm³/mol. The van der Waals surface area contributed by atoms with Gasteiger partial charge >= 0.3 is 0 Å². The molecular weight excluding hydrogens is 322 g/mol. The van der Waals surface area contributed by atoms with E-state index < -0.39 is 0 Å². The average molecular weight is 349 g/mol. The molecule has 2 aliphatic heterocycles. The molecule has 1 aromatic carbocycles. The monoisotopic (exact) mass is 349 g/mol. The Morgan fingerprint density at radius 1 is 1.08 bits per heavy atom. The highest BCUT2D eigenvalue weighted by Gasteiger charge is 2.26. The molecule has 0 unspecified atom stereocenters. The van der Waals surface area contributed by atoms with Crippen LogP contribution >= 0.6 is 0 Å². The van der Waals surface area contributed by atoms with Crippen molar-refractivity contribution in [3.05, 3.63) is 59.3 Å². The van der Waals surface area contributed by atoms with Crippen LogP contribution < -0.4 is 4.90 Å². The minimum absolute atomic E-state index is 0.325. The molecule has 0 atom stereocenters. The normalized spacial score (nSPS) is 17.9. The van der Waals surface area contributed by atoms with E-state index in [2.05, 4.69) is 58.1 Å². The Hall–Kier alpha value is -2.36. The minimum atomic E-state index is 0.325. The standard InChI is InChI=1S/C22H27N3O/c1-17-6-7-21(23-15-17)24-11-8-18(9-12-24)14-22(26)25-13-10-19-4-2-3-5-20(19)16-25/h2-7,15,18H,8-14,16H2,1H3. The van der Waals surface area contributed by atoms with E-state index in [9.17, 15) is 4.79 Å². The molecule has 26 heavy (non-hydrogen) atoms. The van der Waals surface area contributed by atoms with Crippen LogP contribution in [0.5, 0.6) is 0 Å². The van der Waals surface area contributed by atoms with Crippen LogP contribution in [-0.2, 0) is 17.8 Å². The van der Waals surface area contributed by atoms with Crippen molar-refractivity contribution in [2.75, 3.05) is 24.5 Å². The molecule has 136 valence electrons. The van der Waals surface area contributed by atoms with Gasteiger partial charge in [0.1, 0.15) is 5.82 Å². The van der Waals surface area contributed by atoms with Gasteiger partial charge in [-0.2, -0.15) is 0 Å². The van der Waals surface area contributed by atoms with Gasteiger partial charge in [-0.1, -0.05) is 30.3 Å². The fourth-order valence-corrected chi connectivity index (χ4v) is 4.10. The van der Waals surface area contributed by atoms with E-state index in [0.717, 1.165) is 51.3 Å². The van der Waals surface area contributed by atoms with Crippen LogP contribution in [0.15, 0.2) is 42.6 Å². The molecule has 4 rings (SSSR count). The highest BCUT2D eigenvalue weighted by molar-refractivity contribution is 5.76. The molecule has 2 aromatic rings. The second-order valence-corrected chi connectivity index (χ2v) is 7.66. The third-order valence-electron chi connectivity index (χ3n) is 5.78. The van der Waals surface area contributed by atoms with Crippen molar-refractivity contribution in [3.63, 3.8) is 0 Å². The summed E-state index contributed by atoms with van der Waals surface area (Å²) >= 11 is 0. The summed E-state index contributed by atoms with van der Waals surface area (Å²) in [5.41, 5.74) is 3.90. The molecule has 4 heteroatoms. The molecule has 3 heterocycles. The molecule has 1 amide bonds. The Labute approximate surface area is 155 Å². The van der Waals surface area contributed by atoms with E-state index in [1.807, 2.05) is 6.20 Å². The van der Waals surface area contributed by atoms with Crippen LogP contribution in [0, 0.1) is 12.8 Å². The Bertz CT molecular complexity index is 763. The zero-order valence-electron chi connectivity index (χ0n) is 15.5. The smallest absolute Gasteiger partial charge is 0.223 e. The lowest BCUT2D eigenvalue weighted by Gasteiger charge is -2.34. The number of benzene rings is 1. The van der Waals surface area contributed by atoms with Gasteiger partial charge < -0.3 is 9.80 Å². The second kappa shape index (κ2) is 7.48. The number of nitrogens with zero attached hydrogens (tertiary/aromatic N) is 3. The first kappa shape index (κ1) is 17.1. The summed E-state index contributed by atoms with van der Waals surface area (Å²) in [7, 11) is 0. The maximum absolute atomic E-state index is 12.8. The van der Waals surface area contributed by atoms with E-state index in [0.29, 0.717) is 18.2 Å². The Balaban J connectivity index is 1.29. The number of aryl methyl sites for hydroxylation is 1. The van der Waals surface area contributed by atoms with Gasteiger partial charge in [0.2, 0.25) is 5.91 Å². The van der Waals surface area contributed by atoms with Crippen molar-refractivity contribution in [3.8, 4) is 0 Å². The number of fused-ring (bicyclic) bond motifs is 1. The third kappa shape index (κ3) is 3.74. The first-order valence-corrected chi connectivity index (χ1v) is 9.71. The van der Waals surface area contributed by atoms with Crippen molar-refractivity contribution in [1.29, 1.82) is 0 Å². The lowest BCUT2D eigenvalue weighted by Crippen LogP contribution is -2.39. The SMILES string of the molecule is Cc1ccc(N2CCC(CC(=O)N3CCc4ccccc4C3)CC2)nc1. The van der Waals surface area contributed by atoms with Gasteiger partial charge in [-0.05, 0) is 54.9 Å². The number of hydrogen-bond donors (Lipinski definition) is 0. The van der Waals surface area contributed by atoms with Gasteiger partial charge in [0.15, 0.2) is 0 Å². The van der Waals surface area contributed by atoms with Crippen molar-refractivity contribution in [2.24, 2.45) is 5.92 Å². The fraction of sp³-hybridized carbons (Fsp3) is 0.455. The summed E-state index contributed by atoms with van der Waals surface area (Å²) in [5, 5.41) is 0. The van der Waals surface area contributed by atoms with Gasteiger partial charge in [-0.15, -0.1) is 0 Å². The summed E-state index contributed by atoms with van der Waals surface area (Å²) in [6.07, 6.45) is 5.76. The van der Waals surface area contributed by atoms with Crippen molar-refractivity contribution < 1.29 is 4.79 Å². The summed E-state index contributed by atoms with van der Waals surface area (Å²) in [5.74, 6) is 1.89. The maximum Gasteiger partial charge on any atom is 0.223 e. The molecule has 0 radical (unpaired) electrons. The molecule has 0 spiro atoms. The molecule has 0 aliphatic carbocycles. The van der Waals surface area contributed by atoms with Gasteiger partial charge in [0, 0.05) is 38.8 Å². The highest BCUT2D eigenvalue weighted by atomic mass is 16.2. The minimum Gasteiger partial charge on any atom is -0.357 e. The van der Waals surface area contributed by atoms with Crippen LogP contribution in [0.25, 0.3) is 0 Å². The van der Waals surface area contributed by atoms with Crippen LogP contribution in [0.4, 0.5) is 5.82 Å². The molecule has 0 N–H and O–H groups in total. The van der Waals surface area contributed by atoms with Crippen molar-refractivity contribution in [2.45, 2.75) is 39.2 Å². The number of pyridine rings is 1. The lowest BCUT2D eigenvalue weighted by molar-refractivity contribution is -0.133. The molecular formula is C22H27N3O. The Morgan fingerprint density at radius 2 is 1.85 bits per heavy atom. The summed E-state index contributed by atoms with van der Waals surface area (Å²) in [6, 6.07) is 12.7. The third-order valence-corrected chi connectivity index (χ3v) is 5.78. The number of hydrogen-bond acceptors (Lipinski definition) is 3. The molecule has 1 saturated heterocycles. The number of carbonyl (C=O) groups is 1. The summed E-state index contributed by atoms with van der Waals surface area (Å²) in [4.78, 5) is 21.7. The highest BCUT2D eigenvalue weighted by Crippen LogP contribution is 2.26. The van der Waals surface area contributed by atoms with Gasteiger partial charge in [-0.25, -0.2) is 4.98 Å². The lowest BCUT2D eigenvalue weighted by atomic mass is 9.92. The van der Waals surface area contributed by atoms with E-state index in [-0.39, 0.29) is 0 Å². The average Bonchev–Trinajstić information content (AvgIpc) is 2.69. The largest absolute Gasteiger partial charge is 0.357 e. The van der Waals surface area contributed by atoms with E-state index >= 15 is 0 Å². The fourth-order valence-electron chi connectivity index (χ4n) is 4.10. The van der Waals surface area contributed by atoms with Crippen LogP contribution in [0.1, 0.15) is 36.0 Å². The zero-order valence-corrected chi connectivity index (χ0v) is 15.5. The first-order valence-electron chi connectivity index (χ1n) is 9.71. The summed E-state index contributed by atoms with van der Waals surface area (Å²) in [6.45, 7) is 5.70. The van der Waals surface area contributed by atoms with E-state index in [1.165, 1.54) is 16.7 Å². The van der Waals surface area contributed by atoms with E-state index in [1.54, 1.807) is 0 Å². The molecule has 1 aromatic heterocycles. The number of piperidine rings is 1. The van der Waals surface area contributed by atoms with Crippen LogP contribution in [-0.4, -0.2) is 35.4 Å². The quantitative estimate of drug-likeness (QED) is 0.850. The van der Waals surface area contributed by atoms with Crippen molar-refractivity contribution >= 4 is 11.7 Å². The molecule has 2 aliphatic rings. The molecule has 1 fully saturated rings. The van der Waals surface area contributed by atoms with E-state index in [4.69, 9.17) is 0 Å². The van der Waals surface area contributed by atoms with Crippen molar-refractivity contribution in [1.82, 2.24) is 9.88 Å². The van der Waals surface area contributed by atoms with Crippen LogP contribution in [0.3, 0.4) is 0 Å². The van der Waals surface area contributed by atoms with Gasteiger partial charge in [-0.3, -0.25) is 4.79 Å². The first-order chi connectivity index (χ1) is 12.7. The Kier molecular flexibility index (Phi) is 4.91. The van der Waals surface area contributed by atoms with Crippen LogP contribution in [0.2, 0.25) is 0 Å². The number of aromatic nitrogens is 1. The number of carbonyl (C=O) groups excluding carboxylic acids is 1. The molecule has 0 saturated carbocycles. The van der Waals surface area contributed by atoms with Gasteiger partial charge in [0.25, 0.3) is 0 Å². The number of amides is 1. The predicted octanol–water partition coefficient (Wildman–Crippen LogP) is 3.58. The second-order valence-electron chi connectivity index (χ2n) is 7.66. The maximum atomic E-state index is 12.8. The summed E-state index contributed by atoms with van der Waals surface area (Å²) < 4.78 is 0. The molecule has 4 nitrogen and oxygen atoms in total. The topological polar surface area (TPSA) is 36.4 Å².